The molecule has 0 aliphatic rings. The fourth-order valence-electron chi connectivity index (χ4n) is 2.93. The van der Waals surface area contributed by atoms with Gasteiger partial charge in [0, 0.05) is 43.4 Å². The zero-order chi connectivity index (χ0) is 31.7. The van der Waals surface area contributed by atoms with Crippen LogP contribution in [0.25, 0.3) is 0 Å². The van der Waals surface area contributed by atoms with Crippen LogP contribution >= 0.6 is 11.8 Å². The van der Waals surface area contributed by atoms with Gasteiger partial charge in [-0.25, -0.2) is 24.2 Å². The first-order valence-corrected chi connectivity index (χ1v) is 12.8. The molecule has 0 aliphatic carbocycles. The second-order valence-corrected chi connectivity index (χ2v) is 8.97. The minimum absolute atomic E-state index is 0.778. The monoisotopic (exact) mass is 601 g/mol. The number of aliphatic carboxylic acids is 4. The number of carboxylic acid groups (broad SMARTS) is 4. The van der Waals surface area contributed by atoms with Crippen molar-refractivity contribution in [3.8, 4) is 11.5 Å². The number of hydrogen-bond donors (Lipinski definition) is 5. The van der Waals surface area contributed by atoms with Gasteiger partial charge in [-0.2, -0.15) is 0 Å². The Bertz CT molecular complexity index is 1350. The molecule has 0 saturated carbocycles. The number of carbonyl (C=O) groups is 4. The molecule has 13 nitrogen and oxygen atoms in total. The minimum Gasteiger partial charge on any atom is -0.497 e. The average Bonchev–Trinajstić information content (AvgIpc) is 2.96. The molecule has 0 spiro atoms. The molecule has 3 rings (SSSR count). The van der Waals surface area contributed by atoms with Gasteiger partial charge in [0.15, 0.2) is 5.17 Å². The largest absolute Gasteiger partial charge is 0.497 e. The fraction of sp³-hybridized carbons (Fsp3) is 0.179. The van der Waals surface area contributed by atoms with Crippen molar-refractivity contribution in [1.82, 2.24) is 0 Å². The summed E-state index contributed by atoms with van der Waals surface area (Å²) in [6.45, 7) is 0. The highest BCUT2D eigenvalue weighted by atomic mass is 32.2. The topological polar surface area (TPSA) is 195 Å². The first-order valence-electron chi connectivity index (χ1n) is 11.8. The van der Waals surface area contributed by atoms with E-state index in [1.54, 1.807) is 26.0 Å². The molecule has 0 aliphatic heterocycles. The van der Waals surface area contributed by atoms with Gasteiger partial charge in [0.25, 0.3) is 0 Å². The van der Waals surface area contributed by atoms with Crippen LogP contribution in [-0.2, 0) is 24.9 Å². The highest BCUT2D eigenvalue weighted by Crippen LogP contribution is 2.27. The molecule has 0 amide bonds. The van der Waals surface area contributed by atoms with E-state index >= 15 is 0 Å². The van der Waals surface area contributed by atoms with Crippen LogP contribution in [0.5, 0.6) is 11.5 Å². The maximum atomic E-state index is 9.10. The van der Waals surface area contributed by atoms with Crippen molar-refractivity contribution in [1.29, 1.82) is 0 Å². The van der Waals surface area contributed by atoms with Gasteiger partial charge in [-0.05, 0) is 35.9 Å². The molecule has 224 valence electrons. The molecule has 0 radical (unpaired) electrons. The van der Waals surface area contributed by atoms with Crippen molar-refractivity contribution in [2.24, 2.45) is 4.99 Å². The van der Waals surface area contributed by atoms with E-state index in [2.05, 4.69) is 48.6 Å². The van der Waals surface area contributed by atoms with E-state index in [0.717, 1.165) is 33.8 Å². The molecular weight excluding hydrogens is 570 g/mol. The van der Waals surface area contributed by atoms with E-state index in [0.29, 0.717) is 0 Å². The number of benzene rings is 3. The third-order valence-corrected chi connectivity index (χ3v) is 5.73. The second kappa shape index (κ2) is 18.2. The molecule has 0 bridgehead atoms. The molecule has 3 aromatic rings. The van der Waals surface area contributed by atoms with Crippen LogP contribution in [-0.4, -0.2) is 77.8 Å². The Morgan fingerprint density at radius 3 is 1.81 bits per heavy atom. The lowest BCUT2D eigenvalue weighted by atomic mass is 10.2. The van der Waals surface area contributed by atoms with Crippen LogP contribution in [0.2, 0.25) is 0 Å². The molecule has 0 unspecified atom stereocenters. The molecule has 42 heavy (non-hydrogen) atoms. The van der Waals surface area contributed by atoms with Crippen LogP contribution in [0.4, 0.5) is 17.1 Å². The van der Waals surface area contributed by atoms with Crippen molar-refractivity contribution in [2.75, 3.05) is 38.5 Å². The normalized spacial score (nSPS) is 10.0. The Balaban J connectivity index is 0.000000618. The lowest BCUT2D eigenvalue weighted by Gasteiger charge is -2.18. The number of methoxy groups -OCH3 is 2. The molecule has 0 aromatic heterocycles. The molecule has 0 fully saturated rings. The maximum Gasteiger partial charge on any atom is 0.414 e. The Kier molecular flexibility index (Phi) is 15.1. The summed E-state index contributed by atoms with van der Waals surface area (Å²) in [5.41, 5.74) is 4.20. The van der Waals surface area contributed by atoms with Gasteiger partial charge >= 0.3 is 23.9 Å². The van der Waals surface area contributed by atoms with Crippen molar-refractivity contribution < 1.29 is 49.1 Å². The predicted octanol–water partition coefficient (Wildman–Crippen LogP) is 4.11. The smallest absolute Gasteiger partial charge is 0.414 e. The lowest BCUT2D eigenvalue weighted by molar-refractivity contribution is -0.159. The van der Waals surface area contributed by atoms with Gasteiger partial charge in [0.2, 0.25) is 0 Å². The molecule has 14 heteroatoms. The van der Waals surface area contributed by atoms with E-state index in [-0.39, 0.29) is 0 Å². The third-order valence-electron chi connectivity index (χ3n) is 4.81. The van der Waals surface area contributed by atoms with Crippen LogP contribution in [0.3, 0.4) is 0 Å². The molecule has 0 atom stereocenters. The molecular formula is C28H31N3O10S. The third kappa shape index (κ3) is 13.2. The summed E-state index contributed by atoms with van der Waals surface area (Å²) >= 11 is 1.65. The first-order chi connectivity index (χ1) is 19.9. The highest BCUT2D eigenvalue weighted by Gasteiger charge is 2.09. The standard InChI is InChI=1S/C24H27N3O2S.2C2H2O4/c1-27(2)23-14-6-5-9-18(23)17-30-24(25-19-10-7-12-21(15-19)28-3)26-20-11-8-13-22(16-20)29-4;2*3-1(4)2(5)6/h5-16H,17H2,1-4H3,(H,25,26);2*(H,3,4)(H,5,6). The van der Waals surface area contributed by atoms with Crippen LogP contribution in [0.15, 0.2) is 77.8 Å². The number of rotatable bonds is 7. The summed E-state index contributed by atoms with van der Waals surface area (Å²) in [6.07, 6.45) is 0. The van der Waals surface area contributed by atoms with Gasteiger partial charge in [-0.3, -0.25) is 0 Å². The summed E-state index contributed by atoms with van der Waals surface area (Å²) in [6, 6.07) is 24.0. The molecule has 0 saturated heterocycles. The van der Waals surface area contributed by atoms with Gasteiger partial charge in [-0.1, -0.05) is 42.1 Å². The fourth-order valence-corrected chi connectivity index (χ4v) is 3.83. The Morgan fingerprint density at radius 1 is 0.762 bits per heavy atom. The first kappa shape index (κ1) is 34.8. The SMILES string of the molecule is COc1cccc(N=C(Nc2cccc(OC)c2)SCc2ccccc2N(C)C)c1.O=C(O)C(=O)O.O=C(O)C(=O)O. The van der Waals surface area contributed by atoms with Gasteiger partial charge in [0.1, 0.15) is 11.5 Å². The summed E-state index contributed by atoms with van der Waals surface area (Å²) in [5.74, 6) is -4.94. The van der Waals surface area contributed by atoms with Crippen molar-refractivity contribution >= 4 is 57.9 Å². The second-order valence-electron chi connectivity index (χ2n) is 8.01. The van der Waals surface area contributed by atoms with Crippen LogP contribution in [0.1, 0.15) is 5.56 Å². The number of carboxylic acids is 4. The maximum absolute atomic E-state index is 9.10. The van der Waals surface area contributed by atoms with Crippen LogP contribution < -0.4 is 19.7 Å². The lowest BCUT2D eigenvalue weighted by Crippen LogP contribution is -2.12. The van der Waals surface area contributed by atoms with E-state index in [1.807, 2.05) is 48.5 Å². The van der Waals surface area contributed by atoms with Crippen molar-refractivity contribution in [3.05, 3.63) is 78.4 Å². The number of anilines is 2. The average molecular weight is 602 g/mol. The number of aliphatic imine (C=N–C) groups is 1. The summed E-state index contributed by atoms with van der Waals surface area (Å²) < 4.78 is 10.7. The van der Waals surface area contributed by atoms with E-state index in [9.17, 15) is 0 Å². The van der Waals surface area contributed by atoms with Crippen molar-refractivity contribution in [3.63, 3.8) is 0 Å². The van der Waals surface area contributed by atoms with E-state index in [1.165, 1.54) is 11.3 Å². The quantitative estimate of drug-likeness (QED) is 0.148. The Labute approximate surface area is 246 Å². The number of thioether (sulfide) groups is 1. The molecule has 5 N–H and O–H groups in total. The minimum atomic E-state index is -1.82. The molecule has 3 aromatic carbocycles. The number of nitrogens with zero attached hydrogens (tertiary/aromatic N) is 2. The Hall–Kier alpha value is -5.24. The number of hydrogen-bond acceptors (Lipinski definition) is 9. The zero-order valence-corrected chi connectivity index (χ0v) is 24.0. The van der Waals surface area contributed by atoms with E-state index in [4.69, 9.17) is 54.1 Å². The highest BCUT2D eigenvalue weighted by molar-refractivity contribution is 8.13. The Morgan fingerprint density at radius 2 is 1.29 bits per heavy atom. The summed E-state index contributed by atoms with van der Waals surface area (Å²) in [4.78, 5) is 43.4. The van der Waals surface area contributed by atoms with Gasteiger partial charge in [0.05, 0.1) is 19.9 Å². The predicted molar refractivity (Wildman–Crippen MR) is 159 cm³/mol. The van der Waals surface area contributed by atoms with Gasteiger partial charge < -0.3 is 40.1 Å². The van der Waals surface area contributed by atoms with Crippen molar-refractivity contribution in [2.45, 2.75) is 5.75 Å². The molecule has 0 heterocycles. The number of amidine groups is 1. The summed E-state index contributed by atoms with van der Waals surface area (Å²) in [5, 5.41) is 33.8. The number of para-hydroxylation sites is 1. The van der Waals surface area contributed by atoms with Gasteiger partial charge in [-0.15, -0.1) is 0 Å². The zero-order valence-electron chi connectivity index (χ0n) is 23.2. The van der Waals surface area contributed by atoms with E-state index < -0.39 is 23.9 Å². The number of nitrogens with one attached hydrogen (secondary N) is 1. The summed E-state index contributed by atoms with van der Waals surface area (Å²) in [7, 11) is 7.44. The van der Waals surface area contributed by atoms with Crippen LogP contribution in [0, 0.1) is 0 Å². The number of ether oxygens (including phenoxy) is 2.